The van der Waals surface area contributed by atoms with Crippen molar-refractivity contribution in [3.05, 3.63) is 82.4 Å². The zero-order valence-electron chi connectivity index (χ0n) is 21.6. The molecule has 2 aromatic carbocycles. The second-order valence-electron chi connectivity index (χ2n) is 11.1. The number of hydrogen-bond acceptors (Lipinski definition) is 2. The molecule has 1 aliphatic carbocycles. The molecular formula is C30H34Cl2F3NO2. The van der Waals surface area contributed by atoms with E-state index in [-0.39, 0.29) is 18.2 Å². The predicted octanol–water partition coefficient (Wildman–Crippen LogP) is 8.51. The average Bonchev–Trinajstić information content (AvgIpc) is 3.70. The molecule has 1 amide bonds. The number of aliphatic hydroxyl groups is 1. The highest BCUT2D eigenvalue weighted by atomic mass is 35.5. The topological polar surface area (TPSA) is 40.5 Å². The van der Waals surface area contributed by atoms with Crippen molar-refractivity contribution in [1.82, 2.24) is 4.90 Å². The summed E-state index contributed by atoms with van der Waals surface area (Å²) in [6.07, 6.45) is -1.95. The van der Waals surface area contributed by atoms with Crippen LogP contribution in [0.3, 0.4) is 0 Å². The Balaban J connectivity index is 1.89. The molecule has 0 spiro atoms. The van der Waals surface area contributed by atoms with Gasteiger partial charge in [0.25, 0.3) is 0 Å². The van der Waals surface area contributed by atoms with Gasteiger partial charge >= 0.3 is 6.18 Å². The van der Waals surface area contributed by atoms with Crippen LogP contribution in [0.15, 0.2) is 61.2 Å². The Morgan fingerprint density at radius 1 is 1.13 bits per heavy atom. The van der Waals surface area contributed by atoms with Gasteiger partial charge in [-0.1, -0.05) is 67.4 Å². The van der Waals surface area contributed by atoms with Gasteiger partial charge in [-0.25, -0.2) is 0 Å². The number of allylic oxidation sites excluding steroid dienone is 1. The summed E-state index contributed by atoms with van der Waals surface area (Å²) in [4.78, 5) is 15.9. The van der Waals surface area contributed by atoms with Crippen LogP contribution in [0.4, 0.5) is 13.2 Å². The molecule has 0 radical (unpaired) electrons. The van der Waals surface area contributed by atoms with Crippen molar-refractivity contribution in [1.29, 1.82) is 0 Å². The monoisotopic (exact) mass is 567 g/mol. The van der Waals surface area contributed by atoms with Crippen LogP contribution in [-0.4, -0.2) is 33.7 Å². The highest BCUT2D eigenvalue weighted by Crippen LogP contribution is 2.55. The molecule has 2 fully saturated rings. The van der Waals surface area contributed by atoms with Crippen LogP contribution in [0, 0.1) is 11.3 Å². The average molecular weight is 569 g/mol. The third-order valence-corrected chi connectivity index (χ3v) is 8.83. The summed E-state index contributed by atoms with van der Waals surface area (Å²) in [5.74, 6) is -1.34. The maximum absolute atomic E-state index is 14.3. The molecule has 2 aliphatic rings. The summed E-state index contributed by atoms with van der Waals surface area (Å²) in [7, 11) is 0. The lowest BCUT2D eigenvalue weighted by atomic mass is 9.66. The molecule has 8 heteroatoms. The number of benzene rings is 2. The van der Waals surface area contributed by atoms with Gasteiger partial charge in [-0.2, -0.15) is 13.2 Å². The quantitative estimate of drug-likeness (QED) is 0.308. The number of hydrogen-bond donors (Lipinski definition) is 1. The number of carbonyl (C=O) groups is 1. The molecule has 1 heterocycles. The Morgan fingerprint density at radius 3 is 2.32 bits per heavy atom. The number of nitrogens with zero attached hydrogens (tertiary/aromatic N) is 1. The van der Waals surface area contributed by atoms with Crippen LogP contribution in [0.1, 0.15) is 75.5 Å². The zero-order valence-corrected chi connectivity index (χ0v) is 23.2. The molecule has 1 saturated heterocycles. The fourth-order valence-corrected chi connectivity index (χ4v) is 6.49. The number of carbonyl (C=O) groups excluding carboxylic acids is 1. The van der Waals surface area contributed by atoms with Crippen molar-refractivity contribution in [2.75, 3.05) is 0 Å². The summed E-state index contributed by atoms with van der Waals surface area (Å²) in [6.45, 7) is 7.47. The molecule has 0 bridgehead atoms. The summed E-state index contributed by atoms with van der Waals surface area (Å²) in [5, 5.41) is 12.1. The predicted molar refractivity (Wildman–Crippen MR) is 145 cm³/mol. The van der Waals surface area contributed by atoms with Gasteiger partial charge < -0.3 is 10.0 Å². The highest BCUT2D eigenvalue weighted by molar-refractivity contribution is 6.30. The molecule has 206 valence electrons. The molecule has 1 N–H and O–H groups in total. The van der Waals surface area contributed by atoms with Gasteiger partial charge in [0, 0.05) is 28.4 Å². The lowest BCUT2D eigenvalue weighted by Crippen LogP contribution is -2.59. The van der Waals surface area contributed by atoms with E-state index in [0.29, 0.717) is 35.7 Å². The van der Waals surface area contributed by atoms with Gasteiger partial charge in [-0.05, 0) is 73.4 Å². The smallest absolute Gasteiger partial charge is 0.380 e. The minimum atomic E-state index is -4.80. The molecule has 0 aromatic heterocycles. The second-order valence-corrected chi connectivity index (χ2v) is 12.0. The Labute approximate surface area is 232 Å². The van der Waals surface area contributed by atoms with E-state index in [1.54, 1.807) is 36.1 Å². The van der Waals surface area contributed by atoms with Crippen LogP contribution >= 0.6 is 23.2 Å². The molecule has 38 heavy (non-hydrogen) atoms. The van der Waals surface area contributed by atoms with Crippen molar-refractivity contribution in [3.63, 3.8) is 0 Å². The van der Waals surface area contributed by atoms with E-state index in [1.807, 2.05) is 37.3 Å². The standard InChI is InChI=1S/C30H34Cl2F3NO2/c1-4-15-28(3)18-25(20-7-6-8-23(32)16-20)26(19-9-13-22(31)14-10-19)36(27(28)37)24(5-2)17-29(38,21-11-12-21)30(33,34)35/h4,6-10,13-14,16,21,24-26,38H,1,5,11-12,15,17-18H2,2-3H3/t24-,25?,26?,28-,29-/m0/s1. The van der Waals surface area contributed by atoms with Crippen molar-refractivity contribution in [3.8, 4) is 0 Å². The van der Waals surface area contributed by atoms with Crippen molar-refractivity contribution in [2.45, 2.75) is 82.2 Å². The van der Waals surface area contributed by atoms with E-state index in [2.05, 4.69) is 6.58 Å². The molecule has 2 aromatic rings. The third kappa shape index (κ3) is 5.50. The Bertz CT molecular complexity index is 1170. The van der Waals surface area contributed by atoms with Gasteiger partial charge in [0.2, 0.25) is 5.91 Å². The first kappa shape index (κ1) is 29.0. The van der Waals surface area contributed by atoms with Gasteiger partial charge in [0.15, 0.2) is 5.60 Å². The summed E-state index contributed by atoms with van der Waals surface area (Å²) < 4.78 is 42.9. The van der Waals surface area contributed by atoms with E-state index in [1.165, 1.54) is 0 Å². The SMILES string of the molecule is C=CC[C@@]1(C)CC(c2cccc(Cl)c2)C(c2ccc(Cl)cc2)N([C@@H](CC)C[C@](O)(C2CC2)C(F)(F)F)C1=O. The van der Waals surface area contributed by atoms with Crippen LogP contribution in [-0.2, 0) is 4.79 Å². The number of rotatable bonds is 9. The maximum Gasteiger partial charge on any atom is 0.417 e. The largest absolute Gasteiger partial charge is 0.417 e. The molecule has 2 unspecified atom stereocenters. The van der Waals surface area contributed by atoms with Gasteiger partial charge in [-0.3, -0.25) is 4.79 Å². The summed E-state index contributed by atoms with van der Waals surface area (Å²) in [5.41, 5.74) is -2.07. The van der Waals surface area contributed by atoms with Gasteiger partial charge in [0.05, 0.1) is 11.5 Å². The molecule has 4 rings (SSSR count). The van der Waals surface area contributed by atoms with E-state index in [9.17, 15) is 23.1 Å². The number of piperidine rings is 1. The number of halogens is 5. The zero-order chi connectivity index (χ0) is 27.9. The molecule has 1 saturated carbocycles. The van der Waals surface area contributed by atoms with Crippen LogP contribution in [0.2, 0.25) is 10.0 Å². The van der Waals surface area contributed by atoms with E-state index in [0.717, 1.165) is 11.1 Å². The fraction of sp³-hybridized carbons (Fsp3) is 0.500. The number of likely N-dealkylation sites (tertiary alicyclic amines) is 1. The van der Waals surface area contributed by atoms with Crippen molar-refractivity contribution in [2.24, 2.45) is 11.3 Å². The van der Waals surface area contributed by atoms with E-state index < -0.39 is 41.6 Å². The molecule has 3 nitrogen and oxygen atoms in total. The Hall–Kier alpha value is -2.02. The minimum absolute atomic E-state index is 0.234. The molecule has 1 aliphatic heterocycles. The minimum Gasteiger partial charge on any atom is -0.380 e. The van der Waals surface area contributed by atoms with E-state index >= 15 is 0 Å². The molecular weight excluding hydrogens is 534 g/mol. The van der Waals surface area contributed by atoms with Gasteiger partial charge in [-0.15, -0.1) is 6.58 Å². The fourth-order valence-electron chi connectivity index (χ4n) is 6.16. The number of amides is 1. The normalized spacial score (nSPS) is 26.6. The third-order valence-electron chi connectivity index (χ3n) is 8.34. The Morgan fingerprint density at radius 2 is 1.79 bits per heavy atom. The van der Waals surface area contributed by atoms with E-state index in [4.69, 9.17) is 23.2 Å². The Kier molecular flexibility index (Phi) is 8.28. The first-order chi connectivity index (χ1) is 17.8. The molecule has 5 atom stereocenters. The summed E-state index contributed by atoms with van der Waals surface area (Å²) in [6, 6.07) is 13.1. The lowest BCUT2D eigenvalue weighted by molar-refractivity contribution is -0.275. The van der Waals surface area contributed by atoms with Crippen molar-refractivity contribution >= 4 is 29.1 Å². The van der Waals surface area contributed by atoms with Gasteiger partial charge in [0.1, 0.15) is 0 Å². The van der Waals surface area contributed by atoms with Crippen molar-refractivity contribution < 1.29 is 23.1 Å². The highest BCUT2D eigenvalue weighted by Gasteiger charge is 2.63. The lowest BCUT2D eigenvalue weighted by Gasteiger charge is -2.53. The maximum atomic E-state index is 14.3. The second kappa shape index (κ2) is 10.9. The first-order valence-electron chi connectivity index (χ1n) is 13.1. The van der Waals surface area contributed by atoms with Crippen LogP contribution in [0.25, 0.3) is 0 Å². The van der Waals surface area contributed by atoms with Crippen LogP contribution < -0.4 is 0 Å². The first-order valence-corrected chi connectivity index (χ1v) is 13.8. The van der Waals surface area contributed by atoms with Crippen LogP contribution in [0.5, 0.6) is 0 Å². The summed E-state index contributed by atoms with van der Waals surface area (Å²) >= 11 is 12.6. The number of alkyl halides is 3.